The van der Waals surface area contributed by atoms with Gasteiger partial charge in [0.2, 0.25) is 11.9 Å². The largest absolute Gasteiger partial charge is 0.392 e. The summed E-state index contributed by atoms with van der Waals surface area (Å²) in [4.78, 5) is 20.5. The Morgan fingerprint density at radius 2 is 1.96 bits per heavy atom. The molecule has 0 saturated carbocycles. The molecule has 142 valence electrons. The zero-order valence-corrected chi connectivity index (χ0v) is 16.1. The quantitative estimate of drug-likeness (QED) is 0.555. The number of aliphatic hydroxyl groups excluding tert-OH is 1. The van der Waals surface area contributed by atoms with E-state index < -0.39 is 6.10 Å². The first-order chi connectivity index (χ1) is 12.5. The molecule has 0 bridgehead atoms. The number of hydrogen-bond donors (Lipinski definition) is 3. The number of aromatic nitrogens is 4. The molecule has 0 fully saturated rings. The highest BCUT2D eigenvalue weighted by Crippen LogP contribution is 2.25. The molecule has 0 spiro atoms. The van der Waals surface area contributed by atoms with Crippen LogP contribution in [0.1, 0.15) is 32.9 Å². The van der Waals surface area contributed by atoms with E-state index in [-0.39, 0.29) is 0 Å². The van der Waals surface area contributed by atoms with Crippen molar-refractivity contribution < 1.29 is 5.11 Å². The summed E-state index contributed by atoms with van der Waals surface area (Å²) in [5, 5.41) is 16.0. The van der Waals surface area contributed by atoms with E-state index in [1.54, 1.807) is 13.0 Å². The van der Waals surface area contributed by atoms with Crippen LogP contribution in [-0.4, -0.2) is 57.8 Å². The predicted molar refractivity (Wildman–Crippen MR) is 107 cm³/mol. The Hall–Kier alpha value is -2.48. The van der Waals surface area contributed by atoms with Crippen LogP contribution in [0.15, 0.2) is 12.7 Å². The van der Waals surface area contributed by atoms with Gasteiger partial charge in [-0.1, -0.05) is 19.9 Å². The van der Waals surface area contributed by atoms with Crippen molar-refractivity contribution in [3.8, 4) is 0 Å². The zero-order valence-electron chi connectivity index (χ0n) is 16.1. The molecule has 0 amide bonds. The summed E-state index contributed by atoms with van der Waals surface area (Å²) in [5.41, 5.74) is 2.28. The highest BCUT2D eigenvalue weighted by Gasteiger charge is 2.18. The fourth-order valence-electron chi connectivity index (χ4n) is 2.73. The average Bonchev–Trinajstić information content (AvgIpc) is 2.64. The summed E-state index contributed by atoms with van der Waals surface area (Å²) < 4.78 is 0. The van der Waals surface area contributed by atoms with Gasteiger partial charge in [0.25, 0.3) is 0 Å². The molecule has 0 aromatic carbocycles. The maximum atomic E-state index is 9.82. The highest BCUT2D eigenvalue weighted by molar-refractivity contribution is 5.88. The third kappa shape index (κ3) is 4.57. The molecule has 2 heterocycles. The lowest BCUT2D eigenvalue weighted by Crippen LogP contribution is -2.33. The van der Waals surface area contributed by atoms with Crippen LogP contribution in [0.4, 0.5) is 17.7 Å². The van der Waals surface area contributed by atoms with Crippen LogP contribution in [0.2, 0.25) is 0 Å². The molecule has 0 aliphatic carbocycles. The third-order valence-electron chi connectivity index (χ3n) is 3.84. The number of hydrogen-bond acceptors (Lipinski definition) is 8. The van der Waals surface area contributed by atoms with Crippen molar-refractivity contribution in [1.29, 1.82) is 0 Å². The van der Waals surface area contributed by atoms with E-state index >= 15 is 0 Å². The van der Waals surface area contributed by atoms with Crippen LogP contribution in [-0.2, 0) is 6.42 Å². The second-order valence-corrected chi connectivity index (χ2v) is 6.13. The average molecular weight is 359 g/mol. The molecule has 0 saturated heterocycles. The normalized spacial score (nSPS) is 12.0. The number of anilines is 3. The summed E-state index contributed by atoms with van der Waals surface area (Å²) in [5.74, 6) is 1.76. The molecule has 0 radical (unpaired) electrons. The first-order valence-corrected chi connectivity index (χ1v) is 9.08. The summed E-state index contributed by atoms with van der Waals surface area (Å²) in [6.07, 6.45) is 2.96. The van der Waals surface area contributed by atoms with Crippen LogP contribution in [0.25, 0.3) is 11.0 Å². The number of aryl methyl sites for hydroxylation is 1. The van der Waals surface area contributed by atoms with E-state index in [4.69, 9.17) is 9.97 Å². The lowest BCUT2D eigenvalue weighted by Gasteiger charge is -2.24. The van der Waals surface area contributed by atoms with E-state index in [9.17, 15) is 5.11 Å². The van der Waals surface area contributed by atoms with E-state index in [0.29, 0.717) is 36.3 Å². The minimum atomic E-state index is -0.462. The van der Waals surface area contributed by atoms with Gasteiger partial charge >= 0.3 is 0 Å². The SMILES string of the molecule is C=CCNc1nc(NC)c2nc(N(CCC)C[C@H](C)O)nc(CC)c2n1. The molecule has 8 heteroatoms. The molecule has 0 aliphatic rings. The molecular formula is C18H29N7O. The Labute approximate surface area is 154 Å². The summed E-state index contributed by atoms with van der Waals surface area (Å²) >= 11 is 0. The third-order valence-corrected chi connectivity index (χ3v) is 3.84. The summed E-state index contributed by atoms with van der Waals surface area (Å²) in [6.45, 7) is 11.4. The van der Waals surface area contributed by atoms with Crippen molar-refractivity contribution in [2.24, 2.45) is 0 Å². The first kappa shape index (κ1) is 19.8. The van der Waals surface area contributed by atoms with Crippen molar-refractivity contribution in [3.05, 3.63) is 18.3 Å². The lowest BCUT2D eigenvalue weighted by atomic mass is 10.2. The van der Waals surface area contributed by atoms with E-state index in [0.717, 1.165) is 30.6 Å². The molecule has 1 atom stereocenters. The Bertz CT molecular complexity index is 748. The van der Waals surface area contributed by atoms with Gasteiger partial charge in [-0.05, 0) is 19.8 Å². The predicted octanol–water partition coefficient (Wildman–Crippen LogP) is 2.22. The number of fused-ring (bicyclic) bond motifs is 1. The number of nitrogens with zero attached hydrogens (tertiary/aromatic N) is 5. The fourth-order valence-corrected chi connectivity index (χ4v) is 2.73. The topological polar surface area (TPSA) is 99.1 Å². The molecule has 0 aliphatic heterocycles. The van der Waals surface area contributed by atoms with Crippen LogP contribution in [0.3, 0.4) is 0 Å². The van der Waals surface area contributed by atoms with Gasteiger partial charge in [0.05, 0.1) is 11.8 Å². The smallest absolute Gasteiger partial charge is 0.226 e. The zero-order chi connectivity index (χ0) is 19.1. The Balaban J connectivity index is 2.60. The standard InChI is InChI=1S/C18H29N7O/c1-6-9-20-17-22-14-13(8-3)21-18(23-15(14)16(19-5)24-17)25(10-7-2)11-12(4)26/h6,12,26H,1,7-11H2,2-5H3,(H2,19,20,22,24)/t12-/m0/s1. The second kappa shape index (κ2) is 9.28. The van der Waals surface area contributed by atoms with Crippen molar-refractivity contribution in [3.63, 3.8) is 0 Å². The molecule has 26 heavy (non-hydrogen) atoms. The van der Waals surface area contributed by atoms with Crippen LogP contribution in [0.5, 0.6) is 0 Å². The van der Waals surface area contributed by atoms with Gasteiger partial charge in [0.15, 0.2) is 5.82 Å². The Kier molecular flexibility index (Phi) is 7.08. The van der Waals surface area contributed by atoms with Gasteiger partial charge in [-0.25, -0.2) is 15.0 Å². The summed E-state index contributed by atoms with van der Waals surface area (Å²) in [7, 11) is 1.81. The molecule has 2 aromatic rings. The fraction of sp³-hybridized carbons (Fsp3) is 0.556. The van der Waals surface area contributed by atoms with E-state index in [1.165, 1.54) is 0 Å². The van der Waals surface area contributed by atoms with Gasteiger partial charge < -0.3 is 20.6 Å². The maximum absolute atomic E-state index is 9.82. The van der Waals surface area contributed by atoms with Crippen molar-refractivity contribution in [2.75, 3.05) is 42.2 Å². The van der Waals surface area contributed by atoms with E-state index in [2.05, 4.69) is 34.1 Å². The molecular weight excluding hydrogens is 330 g/mol. The van der Waals surface area contributed by atoms with E-state index in [1.807, 2.05) is 18.9 Å². The molecule has 3 N–H and O–H groups in total. The molecule has 8 nitrogen and oxygen atoms in total. The van der Waals surface area contributed by atoms with Gasteiger partial charge in [0.1, 0.15) is 11.0 Å². The second-order valence-electron chi connectivity index (χ2n) is 6.13. The lowest BCUT2D eigenvalue weighted by molar-refractivity contribution is 0.199. The number of rotatable bonds is 10. The van der Waals surface area contributed by atoms with Crippen LogP contribution >= 0.6 is 0 Å². The minimum Gasteiger partial charge on any atom is -0.392 e. The summed E-state index contributed by atoms with van der Waals surface area (Å²) in [6, 6.07) is 0. The molecule has 2 aromatic heterocycles. The monoisotopic (exact) mass is 359 g/mol. The van der Waals surface area contributed by atoms with Crippen LogP contribution < -0.4 is 15.5 Å². The van der Waals surface area contributed by atoms with Crippen molar-refractivity contribution in [1.82, 2.24) is 19.9 Å². The van der Waals surface area contributed by atoms with Gasteiger partial charge in [-0.2, -0.15) is 4.98 Å². The van der Waals surface area contributed by atoms with Crippen LogP contribution in [0, 0.1) is 0 Å². The van der Waals surface area contributed by atoms with Crippen molar-refractivity contribution >= 4 is 28.7 Å². The molecule has 2 rings (SSSR count). The minimum absolute atomic E-state index is 0.462. The highest BCUT2D eigenvalue weighted by atomic mass is 16.3. The molecule has 0 unspecified atom stereocenters. The first-order valence-electron chi connectivity index (χ1n) is 9.08. The number of nitrogens with one attached hydrogen (secondary N) is 2. The number of aliphatic hydroxyl groups is 1. The Morgan fingerprint density at radius 3 is 2.54 bits per heavy atom. The van der Waals surface area contributed by atoms with Gasteiger partial charge in [-0.3, -0.25) is 0 Å². The maximum Gasteiger partial charge on any atom is 0.226 e. The van der Waals surface area contributed by atoms with Gasteiger partial charge in [0, 0.05) is 26.7 Å². The van der Waals surface area contributed by atoms with Crippen molar-refractivity contribution in [2.45, 2.75) is 39.7 Å². The van der Waals surface area contributed by atoms with Gasteiger partial charge in [-0.15, -0.1) is 6.58 Å². The Morgan fingerprint density at radius 1 is 1.19 bits per heavy atom.